The van der Waals surface area contributed by atoms with Gasteiger partial charge in [0.15, 0.2) is 0 Å². The number of hydrogen-bond acceptors (Lipinski definition) is 3. The first kappa shape index (κ1) is 27.6. The van der Waals surface area contributed by atoms with Crippen molar-refractivity contribution in [3.05, 3.63) is 48.5 Å². The van der Waals surface area contributed by atoms with Crippen LogP contribution in [0.5, 0.6) is 5.75 Å². The summed E-state index contributed by atoms with van der Waals surface area (Å²) in [4.78, 5) is 2.38. The molecule has 0 radical (unpaired) electrons. The lowest BCUT2D eigenvalue weighted by atomic mass is 10.0. The van der Waals surface area contributed by atoms with Gasteiger partial charge in [0, 0.05) is 22.4 Å². The van der Waals surface area contributed by atoms with Crippen LogP contribution >= 0.6 is 11.8 Å². The van der Waals surface area contributed by atoms with Crippen molar-refractivity contribution >= 4 is 17.4 Å². The molecule has 0 aliphatic heterocycles. The number of aromatic hydroxyl groups is 1. The molecule has 0 saturated carbocycles. The van der Waals surface area contributed by atoms with Gasteiger partial charge in [-0.3, -0.25) is 0 Å². The van der Waals surface area contributed by atoms with Crippen LogP contribution in [-0.2, 0) is 0 Å². The molecule has 0 spiro atoms. The zero-order chi connectivity index (χ0) is 23.4. The average molecular weight is 470 g/mol. The second-order valence-electron chi connectivity index (χ2n) is 9.33. The first-order chi connectivity index (χ1) is 16.3. The van der Waals surface area contributed by atoms with Gasteiger partial charge in [-0.05, 0) is 30.7 Å². The van der Waals surface area contributed by atoms with E-state index in [9.17, 15) is 5.11 Å². The molecule has 33 heavy (non-hydrogen) atoms. The largest absolute Gasteiger partial charge is 0.508 e. The van der Waals surface area contributed by atoms with Crippen molar-refractivity contribution in [3.63, 3.8) is 0 Å². The minimum absolute atomic E-state index is 0.321. The Kier molecular flexibility index (Phi) is 15.7. The van der Waals surface area contributed by atoms with Gasteiger partial charge in [-0.1, -0.05) is 133 Å². The maximum atomic E-state index is 9.90. The van der Waals surface area contributed by atoms with Gasteiger partial charge < -0.3 is 10.4 Å². The highest BCUT2D eigenvalue weighted by Crippen LogP contribution is 2.35. The fourth-order valence-electron chi connectivity index (χ4n) is 4.26. The molecule has 0 aromatic heterocycles. The second-order valence-corrected chi connectivity index (χ2v) is 10.4. The summed E-state index contributed by atoms with van der Waals surface area (Å²) in [6.07, 6.45) is 22.3. The Morgan fingerprint density at radius 1 is 0.636 bits per heavy atom. The highest BCUT2D eigenvalue weighted by atomic mass is 32.2. The van der Waals surface area contributed by atoms with E-state index in [2.05, 4.69) is 36.5 Å². The highest BCUT2D eigenvalue weighted by molar-refractivity contribution is 7.99. The van der Waals surface area contributed by atoms with Gasteiger partial charge in [0.05, 0.1) is 5.69 Å². The highest BCUT2D eigenvalue weighted by Gasteiger charge is 2.06. The van der Waals surface area contributed by atoms with Crippen LogP contribution in [0.15, 0.2) is 58.3 Å². The Bertz CT molecular complexity index is 718. The summed E-state index contributed by atoms with van der Waals surface area (Å²) in [5.74, 6) is 0.321. The van der Waals surface area contributed by atoms with Crippen molar-refractivity contribution in [2.75, 3.05) is 11.9 Å². The van der Waals surface area contributed by atoms with Gasteiger partial charge in [0.25, 0.3) is 0 Å². The van der Waals surface area contributed by atoms with Crippen molar-refractivity contribution in [3.8, 4) is 5.75 Å². The molecule has 0 bridgehead atoms. The summed E-state index contributed by atoms with van der Waals surface area (Å²) in [6.45, 7) is 3.25. The lowest BCUT2D eigenvalue weighted by molar-refractivity contribution is 0.475. The fourth-order valence-corrected chi connectivity index (χ4v) is 5.18. The van der Waals surface area contributed by atoms with Crippen LogP contribution in [0.1, 0.15) is 110 Å². The first-order valence-corrected chi connectivity index (χ1v) is 14.4. The number of rotatable bonds is 20. The molecule has 184 valence electrons. The smallest absolute Gasteiger partial charge is 0.117 e. The molecule has 2 N–H and O–H groups in total. The Morgan fingerprint density at radius 2 is 1.15 bits per heavy atom. The SMILES string of the molecule is CCCCCCCCCCCCCCCCCCNc1cc(O)ccc1Sc1ccccc1. The molecule has 3 heteroatoms. The molecule has 0 amide bonds. The third kappa shape index (κ3) is 13.6. The third-order valence-corrected chi connectivity index (χ3v) is 7.36. The topological polar surface area (TPSA) is 32.3 Å². The molecule has 2 nitrogen and oxygen atoms in total. The van der Waals surface area contributed by atoms with Crippen LogP contribution < -0.4 is 5.32 Å². The summed E-state index contributed by atoms with van der Waals surface area (Å²) >= 11 is 1.74. The van der Waals surface area contributed by atoms with E-state index < -0.39 is 0 Å². The van der Waals surface area contributed by atoms with Crippen LogP contribution in [0.3, 0.4) is 0 Å². The van der Waals surface area contributed by atoms with Gasteiger partial charge in [-0.15, -0.1) is 0 Å². The van der Waals surface area contributed by atoms with E-state index in [0.29, 0.717) is 5.75 Å². The molecule has 0 aliphatic rings. The molecule has 2 rings (SSSR count). The summed E-state index contributed by atoms with van der Waals surface area (Å²) < 4.78 is 0. The molecular formula is C30H47NOS. The maximum absolute atomic E-state index is 9.90. The summed E-state index contributed by atoms with van der Waals surface area (Å²) in [6, 6.07) is 16.0. The van der Waals surface area contributed by atoms with Crippen molar-refractivity contribution in [2.45, 2.75) is 119 Å². The number of nitrogens with one attached hydrogen (secondary N) is 1. The molecule has 2 aromatic carbocycles. The van der Waals surface area contributed by atoms with Gasteiger partial charge in [0.1, 0.15) is 5.75 Å². The minimum atomic E-state index is 0.321. The Morgan fingerprint density at radius 3 is 1.70 bits per heavy atom. The maximum Gasteiger partial charge on any atom is 0.117 e. The van der Waals surface area contributed by atoms with E-state index in [0.717, 1.165) is 17.1 Å². The van der Waals surface area contributed by atoms with Crippen LogP contribution in [0, 0.1) is 0 Å². The summed E-state index contributed by atoms with van der Waals surface area (Å²) in [5.41, 5.74) is 1.03. The summed E-state index contributed by atoms with van der Waals surface area (Å²) in [7, 11) is 0. The standard InChI is InChI=1S/C30H47NOS/c1-2-3-4-5-6-7-8-9-10-11-12-13-14-15-16-20-25-31-29-26-27(32)23-24-30(29)33-28-21-18-17-19-22-28/h17-19,21-24,26,31-32H,2-16,20,25H2,1H3. The fraction of sp³-hybridized carbons (Fsp3) is 0.600. The van der Waals surface area contributed by atoms with Crippen LogP contribution in [0.2, 0.25) is 0 Å². The number of phenols is 1. The normalized spacial score (nSPS) is 11.1. The van der Waals surface area contributed by atoms with Gasteiger partial charge in [0.2, 0.25) is 0 Å². The number of unbranched alkanes of at least 4 members (excludes halogenated alkanes) is 15. The van der Waals surface area contributed by atoms with Gasteiger partial charge in [-0.25, -0.2) is 0 Å². The Labute approximate surface area is 208 Å². The molecule has 0 heterocycles. The van der Waals surface area contributed by atoms with Crippen molar-refractivity contribution in [1.82, 2.24) is 0 Å². The van der Waals surface area contributed by atoms with Crippen LogP contribution in [-0.4, -0.2) is 11.7 Å². The van der Waals surface area contributed by atoms with E-state index in [1.165, 1.54) is 108 Å². The zero-order valence-electron chi connectivity index (χ0n) is 21.0. The van der Waals surface area contributed by atoms with E-state index in [-0.39, 0.29) is 0 Å². The number of benzene rings is 2. The van der Waals surface area contributed by atoms with E-state index >= 15 is 0 Å². The zero-order valence-corrected chi connectivity index (χ0v) is 21.8. The second kappa shape index (κ2) is 18.8. The number of phenolic OH excluding ortho intramolecular Hbond substituents is 1. The number of hydrogen-bond donors (Lipinski definition) is 2. The van der Waals surface area contributed by atoms with E-state index in [1.54, 1.807) is 17.8 Å². The molecule has 0 aliphatic carbocycles. The average Bonchev–Trinajstić information content (AvgIpc) is 2.83. The lowest BCUT2D eigenvalue weighted by Gasteiger charge is -2.12. The van der Waals surface area contributed by atoms with Gasteiger partial charge in [-0.2, -0.15) is 0 Å². The predicted molar refractivity (Wildman–Crippen MR) is 147 cm³/mol. The van der Waals surface area contributed by atoms with Crippen molar-refractivity contribution < 1.29 is 5.11 Å². The molecule has 2 aromatic rings. The van der Waals surface area contributed by atoms with E-state index in [4.69, 9.17) is 0 Å². The molecule has 0 fully saturated rings. The van der Waals surface area contributed by atoms with E-state index in [1.807, 2.05) is 18.2 Å². The van der Waals surface area contributed by atoms with Crippen molar-refractivity contribution in [2.24, 2.45) is 0 Å². The molecule has 0 saturated heterocycles. The predicted octanol–water partition coefficient (Wildman–Crippen LogP) is 10.2. The third-order valence-electron chi connectivity index (χ3n) is 6.28. The molecule has 0 atom stereocenters. The minimum Gasteiger partial charge on any atom is -0.508 e. The van der Waals surface area contributed by atoms with Crippen molar-refractivity contribution in [1.29, 1.82) is 0 Å². The summed E-state index contributed by atoms with van der Waals surface area (Å²) in [5, 5.41) is 13.4. The van der Waals surface area contributed by atoms with Crippen LogP contribution in [0.4, 0.5) is 5.69 Å². The van der Waals surface area contributed by atoms with Gasteiger partial charge >= 0.3 is 0 Å². The number of anilines is 1. The molecular weight excluding hydrogens is 422 g/mol. The van der Waals surface area contributed by atoms with Crippen LogP contribution in [0.25, 0.3) is 0 Å². The quantitative estimate of drug-likeness (QED) is 0.189. The Balaban J connectivity index is 1.45. The molecule has 0 unspecified atom stereocenters. The monoisotopic (exact) mass is 469 g/mol. The first-order valence-electron chi connectivity index (χ1n) is 13.6. The Hall–Kier alpha value is -1.61. The lowest BCUT2D eigenvalue weighted by Crippen LogP contribution is -2.02.